The number of anilines is 1. The van der Waals surface area contributed by atoms with Gasteiger partial charge in [0.05, 0.1) is 16.3 Å². The topological polar surface area (TPSA) is 58.6 Å². The van der Waals surface area contributed by atoms with E-state index in [1.165, 1.54) is 0 Å². The molecular weight excluding hydrogens is 455 g/mol. The van der Waals surface area contributed by atoms with Crippen molar-refractivity contribution in [2.75, 3.05) is 24.9 Å². The number of halogens is 6. The Morgan fingerprint density at radius 2 is 1.87 bits per heavy atom. The fraction of sp³-hybridized carbons (Fsp3) is 0.333. The Balaban J connectivity index is 1.94. The highest BCUT2D eigenvalue weighted by molar-refractivity contribution is 7.92. The summed E-state index contributed by atoms with van der Waals surface area (Å²) in [5.74, 6) is -3.11. The maximum absolute atomic E-state index is 13.9. The summed E-state index contributed by atoms with van der Waals surface area (Å²) in [5, 5.41) is -0.626. The molecule has 0 aromatic heterocycles. The molecule has 0 aliphatic carbocycles. The third-order valence-electron chi connectivity index (χ3n) is 4.45. The van der Waals surface area contributed by atoms with Gasteiger partial charge in [-0.2, -0.15) is 13.2 Å². The van der Waals surface area contributed by atoms with Crippen LogP contribution in [0, 0.1) is 11.6 Å². The van der Waals surface area contributed by atoms with Crippen molar-refractivity contribution >= 4 is 27.3 Å². The second kappa shape index (κ2) is 8.20. The monoisotopic (exact) mass is 470 g/mol. The van der Waals surface area contributed by atoms with Crippen LogP contribution in [0.15, 0.2) is 35.2 Å². The number of hydrogen-bond donors (Lipinski definition) is 1. The van der Waals surface area contributed by atoms with Crippen LogP contribution >= 0.6 is 11.6 Å². The molecule has 0 amide bonds. The Morgan fingerprint density at radius 1 is 1.17 bits per heavy atom. The molecular formula is C18H16ClF5N2O3S. The second-order valence-corrected chi connectivity index (χ2v) is 8.86. The average molecular weight is 471 g/mol. The van der Waals surface area contributed by atoms with E-state index in [1.54, 1.807) is 7.05 Å². The number of nitrogens with zero attached hydrogens (tertiary/aromatic N) is 1. The summed E-state index contributed by atoms with van der Waals surface area (Å²) in [5.41, 5.74) is -1.36. The van der Waals surface area contributed by atoms with Gasteiger partial charge in [0, 0.05) is 25.2 Å². The molecule has 0 spiro atoms. The van der Waals surface area contributed by atoms with Crippen molar-refractivity contribution < 1.29 is 35.1 Å². The number of ether oxygens (including phenoxy) is 1. The maximum Gasteiger partial charge on any atom is 0.419 e. The van der Waals surface area contributed by atoms with Crippen LogP contribution in [-0.4, -0.2) is 39.6 Å². The fourth-order valence-electron chi connectivity index (χ4n) is 3.01. The van der Waals surface area contributed by atoms with E-state index in [9.17, 15) is 30.4 Å². The van der Waals surface area contributed by atoms with Gasteiger partial charge in [0.25, 0.3) is 10.0 Å². The van der Waals surface area contributed by atoms with Crippen LogP contribution in [0.3, 0.4) is 0 Å². The first-order chi connectivity index (χ1) is 13.9. The van der Waals surface area contributed by atoms with Gasteiger partial charge in [0.15, 0.2) is 0 Å². The van der Waals surface area contributed by atoms with E-state index in [2.05, 4.69) is 0 Å². The van der Waals surface area contributed by atoms with E-state index in [-0.39, 0.29) is 5.69 Å². The SMILES string of the molecule is CN1CCC(Oc2cc(NS(=O)(=O)c3cc(Cl)c(F)cc3F)ccc2C(F)(F)F)C1. The molecule has 1 atom stereocenters. The molecule has 2 aromatic rings. The minimum atomic E-state index is -4.73. The van der Waals surface area contributed by atoms with Crippen molar-refractivity contribution in [3.05, 3.63) is 52.6 Å². The van der Waals surface area contributed by atoms with Crippen molar-refractivity contribution in [2.45, 2.75) is 23.6 Å². The molecule has 3 rings (SSSR count). The molecule has 1 unspecified atom stereocenters. The number of benzene rings is 2. The van der Waals surface area contributed by atoms with Gasteiger partial charge in [-0.05, 0) is 31.7 Å². The highest BCUT2D eigenvalue weighted by Crippen LogP contribution is 2.39. The number of nitrogens with one attached hydrogen (secondary N) is 1. The first-order valence-electron chi connectivity index (χ1n) is 8.60. The third-order valence-corrected chi connectivity index (χ3v) is 6.13. The van der Waals surface area contributed by atoms with Gasteiger partial charge < -0.3 is 9.64 Å². The molecule has 0 radical (unpaired) electrons. The van der Waals surface area contributed by atoms with Crippen LogP contribution in [0.1, 0.15) is 12.0 Å². The Labute approximate surface area is 174 Å². The number of likely N-dealkylation sites (tertiary alicyclic amines) is 1. The number of alkyl halides is 3. The normalized spacial score (nSPS) is 17.9. The van der Waals surface area contributed by atoms with Crippen LogP contribution in [0.5, 0.6) is 5.75 Å². The number of sulfonamides is 1. The lowest BCUT2D eigenvalue weighted by atomic mass is 10.1. The van der Waals surface area contributed by atoms with Crippen molar-refractivity contribution in [1.29, 1.82) is 0 Å². The molecule has 164 valence electrons. The minimum absolute atomic E-state index is 0.288. The standard InChI is InChI=1S/C18H16ClF5N2O3S/c1-26-5-4-11(9-26)29-16-6-10(2-3-12(16)18(22,23)24)25-30(27,28)17-7-13(19)14(20)8-15(17)21/h2-3,6-8,11,25H,4-5,9H2,1H3. The predicted octanol–water partition coefficient (Wildman–Crippen LogP) is 4.52. The minimum Gasteiger partial charge on any atom is -0.488 e. The molecule has 1 aliphatic heterocycles. The Kier molecular flexibility index (Phi) is 6.17. The summed E-state index contributed by atoms with van der Waals surface area (Å²) in [6, 6.07) is 3.29. The Bertz CT molecular complexity index is 1060. The van der Waals surface area contributed by atoms with Gasteiger partial charge in [0.1, 0.15) is 28.4 Å². The second-order valence-electron chi connectivity index (χ2n) is 6.80. The molecule has 1 heterocycles. The number of hydrogen-bond acceptors (Lipinski definition) is 4. The van der Waals surface area contributed by atoms with Gasteiger partial charge in [-0.25, -0.2) is 17.2 Å². The summed E-state index contributed by atoms with van der Waals surface area (Å²) in [6.45, 7) is 1.05. The van der Waals surface area contributed by atoms with Crippen molar-refractivity contribution in [3.8, 4) is 5.75 Å². The van der Waals surface area contributed by atoms with Gasteiger partial charge in [-0.1, -0.05) is 11.6 Å². The van der Waals surface area contributed by atoms with E-state index in [1.807, 2.05) is 9.62 Å². The van der Waals surface area contributed by atoms with Crippen LogP contribution in [-0.2, 0) is 16.2 Å². The maximum atomic E-state index is 13.9. The Morgan fingerprint density at radius 3 is 2.47 bits per heavy atom. The zero-order chi connectivity index (χ0) is 22.3. The van der Waals surface area contributed by atoms with E-state index in [4.69, 9.17) is 16.3 Å². The third kappa shape index (κ3) is 4.96. The summed E-state index contributed by atoms with van der Waals surface area (Å²) in [7, 11) is -2.81. The predicted molar refractivity (Wildman–Crippen MR) is 100 cm³/mol. The molecule has 1 aliphatic rings. The van der Waals surface area contributed by atoms with Gasteiger partial charge in [0.2, 0.25) is 0 Å². The summed E-state index contributed by atoms with van der Waals surface area (Å²) < 4.78 is 99.6. The largest absolute Gasteiger partial charge is 0.488 e. The summed E-state index contributed by atoms with van der Waals surface area (Å²) >= 11 is 5.52. The van der Waals surface area contributed by atoms with Crippen LogP contribution < -0.4 is 9.46 Å². The van der Waals surface area contributed by atoms with Crippen LogP contribution in [0.4, 0.5) is 27.6 Å². The van der Waals surface area contributed by atoms with E-state index in [0.717, 1.165) is 12.1 Å². The van der Waals surface area contributed by atoms with Crippen LogP contribution in [0.25, 0.3) is 0 Å². The quantitative estimate of drug-likeness (QED) is 0.515. The van der Waals surface area contributed by atoms with Gasteiger partial charge >= 0.3 is 6.18 Å². The molecule has 1 fully saturated rings. The fourth-order valence-corrected chi connectivity index (χ4v) is 4.37. The van der Waals surface area contributed by atoms with Crippen molar-refractivity contribution in [1.82, 2.24) is 4.90 Å². The van der Waals surface area contributed by atoms with E-state index < -0.39 is 55.2 Å². The first-order valence-corrected chi connectivity index (χ1v) is 10.5. The summed E-state index contributed by atoms with van der Waals surface area (Å²) in [6.07, 6.45) is -4.73. The lowest BCUT2D eigenvalue weighted by molar-refractivity contribution is -0.139. The zero-order valence-electron chi connectivity index (χ0n) is 15.4. The van der Waals surface area contributed by atoms with Gasteiger partial charge in [-0.15, -0.1) is 0 Å². The lowest BCUT2D eigenvalue weighted by Crippen LogP contribution is -2.23. The molecule has 1 saturated heterocycles. The average Bonchev–Trinajstić information content (AvgIpc) is 3.01. The smallest absolute Gasteiger partial charge is 0.419 e. The van der Waals surface area contributed by atoms with Crippen molar-refractivity contribution in [2.24, 2.45) is 0 Å². The Hall–Kier alpha value is -2.11. The highest BCUT2D eigenvalue weighted by atomic mass is 35.5. The molecule has 30 heavy (non-hydrogen) atoms. The zero-order valence-corrected chi connectivity index (χ0v) is 17.0. The van der Waals surface area contributed by atoms with Crippen molar-refractivity contribution in [3.63, 3.8) is 0 Å². The molecule has 2 aromatic carbocycles. The molecule has 1 N–H and O–H groups in total. The van der Waals surface area contributed by atoms with E-state index >= 15 is 0 Å². The molecule has 12 heteroatoms. The lowest BCUT2D eigenvalue weighted by Gasteiger charge is -2.19. The highest BCUT2D eigenvalue weighted by Gasteiger charge is 2.36. The molecule has 5 nitrogen and oxygen atoms in total. The number of rotatable bonds is 5. The van der Waals surface area contributed by atoms with E-state index in [0.29, 0.717) is 37.7 Å². The number of likely N-dealkylation sites (N-methyl/N-ethyl adjacent to an activating group) is 1. The van der Waals surface area contributed by atoms with Gasteiger partial charge in [-0.3, -0.25) is 4.72 Å². The molecule has 0 bridgehead atoms. The molecule has 0 saturated carbocycles. The van der Waals surface area contributed by atoms with Crippen LogP contribution in [0.2, 0.25) is 5.02 Å². The summed E-state index contributed by atoms with van der Waals surface area (Å²) in [4.78, 5) is 0.930. The first kappa shape index (κ1) is 22.6.